The first-order valence-corrected chi connectivity index (χ1v) is 10.0. The second-order valence-electron chi connectivity index (χ2n) is 6.46. The molecule has 0 saturated heterocycles. The number of hydrogen-bond donors (Lipinski definition) is 2. The van der Waals surface area contributed by atoms with E-state index in [1.165, 1.54) is 6.07 Å². The van der Waals surface area contributed by atoms with Gasteiger partial charge in [0.15, 0.2) is 5.17 Å². The number of thioether (sulfide) groups is 1. The zero-order chi connectivity index (χ0) is 17.4. The summed E-state index contributed by atoms with van der Waals surface area (Å²) in [5, 5.41) is 3.80. The molecule has 1 aliphatic heterocycles. The van der Waals surface area contributed by atoms with Crippen LogP contribution in [0.5, 0.6) is 0 Å². The van der Waals surface area contributed by atoms with Crippen molar-refractivity contribution in [3.8, 4) is 0 Å². The largest absolute Gasteiger partial charge is 0.379 e. The Morgan fingerprint density at radius 3 is 3.00 bits per heavy atom. The highest BCUT2D eigenvalue weighted by Gasteiger charge is 2.48. The number of benzene rings is 1. The summed E-state index contributed by atoms with van der Waals surface area (Å²) in [6, 6.07) is 8.89. The Bertz CT molecular complexity index is 826. The van der Waals surface area contributed by atoms with Crippen molar-refractivity contribution in [2.45, 2.75) is 24.8 Å². The first kappa shape index (κ1) is 16.8. The van der Waals surface area contributed by atoms with Crippen molar-refractivity contribution in [3.63, 3.8) is 0 Å². The number of amidine groups is 1. The van der Waals surface area contributed by atoms with E-state index < -0.39 is 5.54 Å². The van der Waals surface area contributed by atoms with Crippen LogP contribution in [-0.2, 0) is 5.54 Å². The maximum absolute atomic E-state index is 14.7. The monoisotopic (exact) mass is 420 g/mol. The predicted octanol–water partition coefficient (Wildman–Crippen LogP) is 4.78. The van der Waals surface area contributed by atoms with Crippen molar-refractivity contribution < 1.29 is 4.39 Å². The average molecular weight is 421 g/mol. The zero-order valence-corrected chi connectivity index (χ0v) is 15.9. The molecule has 0 unspecified atom stereocenters. The van der Waals surface area contributed by atoms with Gasteiger partial charge >= 0.3 is 0 Å². The smallest absolute Gasteiger partial charge is 0.154 e. The van der Waals surface area contributed by atoms with E-state index in [4.69, 9.17) is 10.7 Å². The number of fused-ring (bicyclic) bond motifs is 1. The zero-order valence-electron chi connectivity index (χ0n) is 13.5. The van der Waals surface area contributed by atoms with Gasteiger partial charge in [0, 0.05) is 27.7 Å². The molecule has 0 spiro atoms. The fourth-order valence-corrected chi connectivity index (χ4v) is 5.07. The third-order valence-electron chi connectivity index (χ3n) is 4.96. The van der Waals surface area contributed by atoms with Gasteiger partial charge in [0.2, 0.25) is 0 Å². The Balaban J connectivity index is 1.72. The van der Waals surface area contributed by atoms with Crippen LogP contribution in [-0.4, -0.2) is 15.9 Å². The molecule has 3 N–H and O–H groups in total. The third-order valence-corrected chi connectivity index (χ3v) is 6.39. The number of anilines is 2. The Kier molecular flexibility index (Phi) is 4.45. The van der Waals surface area contributed by atoms with Gasteiger partial charge < -0.3 is 11.1 Å². The molecule has 4 nitrogen and oxygen atoms in total. The maximum atomic E-state index is 14.7. The van der Waals surface area contributed by atoms with Crippen LogP contribution in [0, 0.1) is 11.7 Å². The lowest BCUT2D eigenvalue weighted by Gasteiger charge is -2.36. The Labute approximate surface area is 158 Å². The van der Waals surface area contributed by atoms with E-state index in [-0.39, 0.29) is 5.82 Å². The van der Waals surface area contributed by atoms with Gasteiger partial charge in [-0.1, -0.05) is 18.2 Å². The molecule has 2 heterocycles. The second-order valence-corrected chi connectivity index (χ2v) is 8.41. The van der Waals surface area contributed by atoms with Crippen LogP contribution >= 0.6 is 27.7 Å². The molecule has 1 fully saturated rings. The normalized spacial score (nSPS) is 25.4. The van der Waals surface area contributed by atoms with E-state index in [9.17, 15) is 4.39 Å². The fraction of sp³-hybridized carbons (Fsp3) is 0.333. The quantitative estimate of drug-likeness (QED) is 0.749. The van der Waals surface area contributed by atoms with Crippen LogP contribution in [0.1, 0.15) is 24.8 Å². The van der Waals surface area contributed by atoms with E-state index in [0.717, 1.165) is 35.2 Å². The summed E-state index contributed by atoms with van der Waals surface area (Å²) >= 11 is 4.95. The van der Waals surface area contributed by atoms with E-state index in [1.807, 2.05) is 18.2 Å². The summed E-state index contributed by atoms with van der Waals surface area (Å²) in [6.07, 6.45) is 4.68. The van der Waals surface area contributed by atoms with E-state index in [1.54, 1.807) is 24.0 Å². The molecule has 0 bridgehead atoms. The van der Waals surface area contributed by atoms with Gasteiger partial charge in [-0.15, -0.1) is 0 Å². The van der Waals surface area contributed by atoms with Gasteiger partial charge in [-0.3, -0.25) is 4.99 Å². The highest BCUT2D eigenvalue weighted by Crippen LogP contribution is 2.51. The number of nitrogens with two attached hydrogens (primary N) is 1. The van der Waals surface area contributed by atoms with E-state index in [0.29, 0.717) is 22.5 Å². The summed E-state index contributed by atoms with van der Waals surface area (Å²) in [6.45, 7) is 0. The number of nitrogens with one attached hydrogen (secondary N) is 1. The summed E-state index contributed by atoms with van der Waals surface area (Å²) in [5.41, 5.74) is 6.92. The molecule has 1 saturated carbocycles. The van der Waals surface area contributed by atoms with Crippen LogP contribution in [0.4, 0.5) is 15.9 Å². The highest BCUT2D eigenvalue weighted by molar-refractivity contribution is 9.10. The van der Waals surface area contributed by atoms with E-state index >= 15 is 0 Å². The summed E-state index contributed by atoms with van der Waals surface area (Å²) in [4.78, 5) is 9.05. The van der Waals surface area contributed by atoms with Crippen LogP contribution in [0.3, 0.4) is 0 Å². The number of aromatic nitrogens is 1. The summed E-state index contributed by atoms with van der Waals surface area (Å²) in [5.74, 6) is 1.73. The minimum atomic E-state index is -0.524. The number of rotatable bonds is 3. The van der Waals surface area contributed by atoms with Crippen molar-refractivity contribution in [1.82, 2.24) is 4.98 Å². The molecule has 130 valence electrons. The first-order valence-electron chi connectivity index (χ1n) is 8.23. The van der Waals surface area contributed by atoms with Crippen LogP contribution < -0.4 is 11.1 Å². The molecule has 4 rings (SSSR count). The van der Waals surface area contributed by atoms with Gasteiger partial charge in [0.1, 0.15) is 11.6 Å². The van der Waals surface area contributed by atoms with Gasteiger partial charge in [0.25, 0.3) is 0 Å². The molecule has 2 aromatic rings. The number of pyridine rings is 1. The first-order chi connectivity index (χ1) is 12.1. The second kappa shape index (κ2) is 6.61. The van der Waals surface area contributed by atoms with Crippen LogP contribution in [0.2, 0.25) is 0 Å². The molecular weight excluding hydrogens is 403 g/mol. The Morgan fingerprint density at radius 2 is 2.20 bits per heavy atom. The number of nitrogens with zero attached hydrogens (tertiary/aromatic N) is 2. The number of halogens is 2. The third kappa shape index (κ3) is 3.15. The molecule has 1 aromatic carbocycles. The van der Waals surface area contributed by atoms with Crippen molar-refractivity contribution in [3.05, 3.63) is 52.4 Å². The minimum Gasteiger partial charge on any atom is -0.379 e. The van der Waals surface area contributed by atoms with Crippen molar-refractivity contribution >= 4 is 44.4 Å². The van der Waals surface area contributed by atoms with Gasteiger partial charge in [-0.25, -0.2) is 9.37 Å². The molecule has 1 aliphatic carbocycles. The number of hydrogen-bond acceptors (Lipinski definition) is 5. The lowest BCUT2D eigenvalue weighted by atomic mass is 9.81. The fourth-order valence-electron chi connectivity index (χ4n) is 3.79. The van der Waals surface area contributed by atoms with Crippen LogP contribution in [0.15, 0.2) is 46.0 Å². The van der Waals surface area contributed by atoms with E-state index in [2.05, 4.69) is 26.2 Å². The Hall–Kier alpha value is -1.60. The molecular formula is C18H18BrFN4S. The maximum Gasteiger partial charge on any atom is 0.154 e. The van der Waals surface area contributed by atoms with Crippen molar-refractivity contribution in [2.24, 2.45) is 16.6 Å². The minimum absolute atomic E-state index is 0.218. The predicted molar refractivity (Wildman–Crippen MR) is 105 cm³/mol. The standard InChI is InChI=1S/C18H18BrFN4S/c19-12-3-6-16(22-9-12)23-13-4-5-15(20)14(8-13)18-7-1-2-11(18)10-25-17(21)24-18/h3-6,8-9,11H,1-2,7,10H2,(H2,21,24)(H,22,23)/t11-,18-/m0/s1. The molecule has 7 heteroatoms. The van der Waals surface area contributed by atoms with Crippen LogP contribution in [0.25, 0.3) is 0 Å². The highest BCUT2D eigenvalue weighted by atomic mass is 79.9. The summed E-state index contributed by atoms with van der Waals surface area (Å²) in [7, 11) is 0. The molecule has 2 aliphatic rings. The Morgan fingerprint density at radius 1 is 1.32 bits per heavy atom. The van der Waals surface area contributed by atoms with Crippen molar-refractivity contribution in [2.75, 3.05) is 11.1 Å². The molecule has 2 atom stereocenters. The average Bonchev–Trinajstić information content (AvgIpc) is 3.02. The lowest BCUT2D eigenvalue weighted by molar-refractivity contribution is 0.341. The molecule has 1 aromatic heterocycles. The number of aliphatic imine (C=N–C) groups is 1. The lowest BCUT2D eigenvalue weighted by Crippen LogP contribution is -2.37. The molecule has 0 amide bonds. The van der Waals surface area contributed by atoms with Gasteiger partial charge in [0.05, 0.1) is 5.54 Å². The molecule has 25 heavy (non-hydrogen) atoms. The van der Waals surface area contributed by atoms with Crippen molar-refractivity contribution in [1.29, 1.82) is 0 Å². The van der Waals surface area contributed by atoms with Gasteiger partial charge in [-0.2, -0.15) is 0 Å². The summed E-state index contributed by atoms with van der Waals surface area (Å²) < 4.78 is 15.7. The van der Waals surface area contributed by atoms with Gasteiger partial charge in [-0.05, 0) is 65.0 Å². The topological polar surface area (TPSA) is 63.3 Å². The molecule has 0 radical (unpaired) electrons. The SMILES string of the molecule is NC1=N[C@@]2(c3cc(Nc4ccc(Br)cn4)ccc3F)CCC[C@H]2CS1.